The summed E-state index contributed by atoms with van der Waals surface area (Å²) >= 11 is 4.39. The zero-order valence-corrected chi connectivity index (χ0v) is 21.5. The first-order chi connectivity index (χ1) is 17.0. The number of hydrogen-bond acceptors (Lipinski definition) is 9. The number of rotatable bonds is 5. The summed E-state index contributed by atoms with van der Waals surface area (Å²) in [5.41, 5.74) is 5.02. The first kappa shape index (κ1) is 22.5. The molecule has 0 spiro atoms. The summed E-state index contributed by atoms with van der Waals surface area (Å²) in [4.78, 5) is 31.8. The molecule has 1 aliphatic rings. The lowest BCUT2D eigenvalue weighted by Crippen LogP contribution is -2.32. The molecule has 1 aliphatic heterocycles. The number of nitrogens with zero attached hydrogens (tertiary/aromatic N) is 4. The minimum Gasteiger partial charge on any atom is -0.370 e. The summed E-state index contributed by atoms with van der Waals surface area (Å²) in [6.07, 6.45) is 4.02. The Morgan fingerprint density at radius 2 is 2.03 bits per heavy atom. The van der Waals surface area contributed by atoms with Gasteiger partial charge in [0.25, 0.3) is 0 Å². The van der Waals surface area contributed by atoms with Crippen LogP contribution in [-0.4, -0.2) is 37.2 Å². The van der Waals surface area contributed by atoms with Crippen molar-refractivity contribution in [2.24, 2.45) is 0 Å². The number of benzene rings is 1. The van der Waals surface area contributed by atoms with Crippen LogP contribution in [0, 0.1) is 0 Å². The van der Waals surface area contributed by atoms with Crippen molar-refractivity contribution in [3.8, 4) is 11.3 Å². The van der Waals surface area contributed by atoms with E-state index in [4.69, 9.17) is 9.72 Å². The highest BCUT2D eigenvalue weighted by Gasteiger charge is 2.32. The Balaban J connectivity index is 1.45. The third kappa shape index (κ3) is 4.31. The van der Waals surface area contributed by atoms with E-state index in [-0.39, 0.29) is 17.3 Å². The molecular formula is C25H21N5O2S3. The number of amides is 1. The molecule has 1 aromatic carbocycles. The Morgan fingerprint density at radius 1 is 1.17 bits per heavy atom. The van der Waals surface area contributed by atoms with Gasteiger partial charge in [-0.05, 0) is 19.4 Å². The van der Waals surface area contributed by atoms with Crippen molar-refractivity contribution in [3.63, 3.8) is 0 Å². The van der Waals surface area contributed by atoms with Crippen molar-refractivity contribution >= 4 is 65.9 Å². The molecule has 176 valence electrons. The third-order valence-corrected chi connectivity index (χ3v) is 8.75. The van der Waals surface area contributed by atoms with E-state index in [9.17, 15) is 4.79 Å². The number of carbonyl (C=O) groups is 1. The highest BCUT2D eigenvalue weighted by atomic mass is 32.2. The van der Waals surface area contributed by atoms with Crippen LogP contribution in [0.2, 0.25) is 0 Å². The average molecular weight is 520 g/mol. The van der Waals surface area contributed by atoms with Crippen LogP contribution in [0.4, 0.5) is 5.13 Å². The predicted octanol–water partition coefficient (Wildman–Crippen LogP) is 5.95. The van der Waals surface area contributed by atoms with Gasteiger partial charge in [0.05, 0.1) is 33.9 Å². The van der Waals surface area contributed by atoms with Gasteiger partial charge in [0.2, 0.25) is 5.91 Å². The van der Waals surface area contributed by atoms with E-state index in [0.717, 1.165) is 48.7 Å². The Morgan fingerprint density at radius 3 is 2.83 bits per heavy atom. The van der Waals surface area contributed by atoms with Crippen LogP contribution < -0.4 is 5.32 Å². The SMILES string of the molecule is CC1(C)Cc2c(c(-c3ccccc3)nc3sc4c(SCC(=O)Nc5nccs5)ncnc4c23)CO1. The molecule has 10 heteroatoms. The molecule has 4 aromatic heterocycles. The minimum absolute atomic E-state index is 0.112. The maximum Gasteiger partial charge on any atom is 0.236 e. The predicted molar refractivity (Wildman–Crippen MR) is 142 cm³/mol. The maximum atomic E-state index is 12.4. The molecule has 0 fully saturated rings. The molecule has 0 saturated heterocycles. The van der Waals surface area contributed by atoms with Gasteiger partial charge in [-0.15, -0.1) is 22.7 Å². The Bertz CT molecular complexity index is 1550. The van der Waals surface area contributed by atoms with Crippen LogP contribution in [0.3, 0.4) is 0 Å². The second-order valence-corrected chi connectivity index (χ2v) is 11.7. The van der Waals surface area contributed by atoms with E-state index in [1.807, 2.05) is 23.6 Å². The summed E-state index contributed by atoms with van der Waals surface area (Å²) in [6, 6.07) is 10.2. The minimum atomic E-state index is -0.276. The molecular weight excluding hydrogens is 499 g/mol. The highest BCUT2D eigenvalue weighted by molar-refractivity contribution is 8.00. The summed E-state index contributed by atoms with van der Waals surface area (Å²) in [5.74, 6) is 0.125. The molecule has 0 unspecified atom stereocenters. The summed E-state index contributed by atoms with van der Waals surface area (Å²) < 4.78 is 7.16. The van der Waals surface area contributed by atoms with Crippen LogP contribution in [0.1, 0.15) is 25.0 Å². The molecule has 0 radical (unpaired) electrons. The number of thioether (sulfide) groups is 1. The van der Waals surface area contributed by atoms with E-state index >= 15 is 0 Å². The molecule has 0 atom stereocenters. The Hall–Kier alpha value is -2.92. The standard InChI is InChI=1S/C25H21N5O2S3/c1-25(2)10-15-16(11-32-25)19(14-6-4-3-5-7-14)30-22-18(15)20-21(35-22)23(28-13-27-20)34-12-17(31)29-24-26-8-9-33-24/h3-9,13H,10-12H2,1-2H3,(H,26,29,31). The molecule has 1 N–H and O–H groups in total. The molecule has 0 saturated carbocycles. The van der Waals surface area contributed by atoms with Gasteiger partial charge >= 0.3 is 0 Å². The van der Waals surface area contributed by atoms with Gasteiger partial charge in [-0.3, -0.25) is 4.79 Å². The Labute approximate surface area is 214 Å². The average Bonchev–Trinajstić information content (AvgIpc) is 3.50. The van der Waals surface area contributed by atoms with Gasteiger partial charge in [-0.25, -0.2) is 19.9 Å². The molecule has 5 heterocycles. The number of hydrogen-bond donors (Lipinski definition) is 1. The van der Waals surface area contributed by atoms with E-state index < -0.39 is 0 Å². The zero-order chi connectivity index (χ0) is 24.0. The molecule has 5 aromatic rings. The normalized spacial score (nSPS) is 14.8. The number of thiazole rings is 1. The third-order valence-electron chi connectivity index (χ3n) is 5.86. The van der Waals surface area contributed by atoms with Crippen molar-refractivity contribution in [3.05, 3.63) is 59.4 Å². The van der Waals surface area contributed by atoms with Crippen molar-refractivity contribution in [2.45, 2.75) is 37.5 Å². The zero-order valence-electron chi connectivity index (χ0n) is 19.1. The number of aromatic nitrogens is 4. The topological polar surface area (TPSA) is 89.9 Å². The number of ether oxygens (including phenoxy) is 1. The summed E-state index contributed by atoms with van der Waals surface area (Å²) in [7, 11) is 0. The number of nitrogens with one attached hydrogen (secondary N) is 1. The fraction of sp³-hybridized carbons (Fsp3) is 0.240. The highest BCUT2D eigenvalue weighted by Crippen LogP contribution is 2.44. The summed E-state index contributed by atoms with van der Waals surface area (Å²) in [5, 5.41) is 7.11. The Kier molecular flexibility index (Phi) is 5.76. The number of pyridine rings is 1. The lowest BCUT2D eigenvalue weighted by Gasteiger charge is -2.33. The van der Waals surface area contributed by atoms with Gasteiger partial charge in [0, 0.05) is 34.5 Å². The summed E-state index contributed by atoms with van der Waals surface area (Å²) in [6.45, 7) is 4.75. The smallest absolute Gasteiger partial charge is 0.236 e. The fourth-order valence-corrected chi connectivity index (χ4v) is 6.88. The quantitative estimate of drug-likeness (QED) is 0.227. The molecule has 7 nitrogen and oxygen atoms in total. The van der Waals surface area contributed by atoms with Gasteiger partial charge in [0.15, 0.2) is 5.13 Å². The van der Waals surface area contributed by atoms with Crippen molar-refractivity contribution in [1.29, 1.82) is 0 Å². The van der Waals surface area contributed by atoms with Gasteiger partial charge < -0.3 is 10.1 Å². The van der Waals surface area contributed by atoms with E-state index in [1.54, 1.807) is 23.9 Å². The van der Waals surface area contributed by atoms with E-state index in [2.05, 4.69) is 46.2 Å². The lowest BCUT2D eigenvalue weighted by atomic mass is 9.88. The second-order valence-electron chi connectivity index (χ2n) is 8.82. The van der Waals surface area contributed by atoms with Crippen LogP contribution in [0.15, 0.2) is 53.3 Å². The second kappa shape index (κ2) is 8.94. The van der Waals surface area contributed by atoms with Gasteiger partial charge in [-0.1, -0.05) is 42.1 Å². The number of carbonyl (C=O) groups excluding carboxylic acids is 1. The van der Waals surface area contributed by atoms with Crippen LogP contribution >= 0.6 is 34.4 Å². The fourth-order valence-electron chi connectivity index (χ4n) is 4.30. The lowest BCUT2D eigenvalue weighted by molar-refractivity contribution is -0.113. The molecule has 0 aliphatic carbocycles. The van der Waals surface area contributed by atoms with E-state index in [1.165, 1.54) is 28.7 Å². The molecule has 35 heavy (non-hydrogen) atoms. The van der Waals surface area contributed by atoms with Crippen molar-refractivity contribution in [2.75, 3.05) is 11.1 Å². The van der Waals surface area contributed by atoms with Crippen molar-refractivity contribution < 1.29 is 9.53 Å². The van der Waals surface area contributed by atoms with Crippen LogP contribution in [0.25, 0.3) is 31.7 Å². The molecule has 1 amide bonds. The number of anilines is 1. The largest absolute Gasteiger partial charge is 0.370 e. The maximum absolute atomic E-state index is 12.4. The monoisotopic (exact) mass is 519 g/mol. The van der Waals surface area contributed by atoms with Crippen LogP contribution in [-0.2, 0) is 22.6 Å². The first-order valence-corrected chi connectivity index (χ1v) is 13.8. The van der Waals surface area contributed by atoms with E-state index in [0.29, 0.717) is 11.7 Å². The van der Waals surface area contributed by atoms with Crippen molar-refractivity contribution in [1.82, 2.24) is 19.9 Å². The number of thiophene rings is 1. The van der Waals surface area contributed by atoms with Gasteiger partial charge in [0.1, 0.15) is 16.2 Å². The molecule has 0 bridgehead atoms. The number of fused-ring (bicyclic) bond motifs is 5. The first-order valence-electron chi connectivity index (χ1n) is 11.1. The van der Waals surface area contributed by atoms with Gasteiger partial charge in [-0.2, -0.15) is 0 Å². The van der Waals surface area contributed by atoms with Crippen LogP contribution in [0.5, 0.6) is 0 Å². The molecule has 6 rings (SSSR count).